The zero-order chi connectivity index (χ0) is 18.8. The number of unbranched alkanes of at least 4 members (excludes halogenated alkanes) is 1. The van der Waals surface area contributed by atoms with E-state index in [1.54, 1.807) is 11.8 Å². The molecule has 0 aromatic heterocycles. The van der Waals surface area contributed by atoms with E-state index >= 15 is 0 Å². The molecule has 10 heteroatoms. The third kappa shape index (κ3) is 3.89. The molecule has 1 aromatic rings. The zero-order valence-corrected chi connectivity index (χ0v) is 14.3. The minimum atomic E-state index is -2.02. The summed E-state index contributed by atoms with van der Waals surface area (Å²) in [5.74, 6) is -8.35. The summed E-state index contributed by atoms with van der Waals surface area (Å²) >= 11 is 1.74. The molecule has 2 aliphatic heterocycles. The van der Waals surface area contributed by atoms with Crippen molar-refractivity contribution in [2.45, 2.75) is 43.0 Å². The van der Waals surface area contributed by atoms with Gasteiger partial charge in [-0.05, 0) is 12.8 Å². The Bertz CT molecular complexity index is 734. The van der Waals surface area contributed by atoms with Crippen LogP contribution in [0.4, 0.5) is 22.4 Å². The molecule has 0 bridgehead atoms. The number of ether oxygens (including phenoxy) is 1. The van der Waals surface area contributed by atoms with Crippen LogP contribution in [0.2, 0.25) is 0 Å². The summed E-state index contributed by atoms with van der Waals surface area (Å²) < 4.78 is 57.1. The summed E-state index contributed by atoms with van der Waals surface area (Å²) in [6, 6.07) is 0.318. The van der Waals surface area contributed by atoms with Crippen molar-refractivity contribution in [2.75, 3.05) is 5.75 Å². The summed E-state index contributed by atoms with van der Waals surface area (Å²) in [4.78, 5) is 23.0. The molecule has 2 N–H and O–H groups in total. The van der Waals surface area contributed by atoms with Crippen molar-refractivity contribution >= 4 is 23.8 Å². The van der Waals surface area contributed by atoms with Gasteiger partial charge in [0.2, 0.25) is 11.6 Å². The van der Waals surface area contributed by atoms with E-state index in [4.69, 9.17) is 0 Å². The molecular formula is C16H16F4N2O3S. The molecule has 0 unspecified atom stereocenters. The highest BCUT2D eigenvalue weighted by atomic mass is 32.2. The number of halogens is 4. The molecule has 3 rings (SSSR count). The van der Waals surface area contributed by atoms with E-state index in [1.165, 1.54) is 0 Å². The molecule has 3 atom stereocenters. The van der Waals surface area contributed by atoms with Gasteiger partial charge in [0, 0.05) is 23.5 Å². The summed E-state index contributed by atoms with van der Waals surface area (Å²) in [5, 5.41) is 5.94. The Hall–Kier alpha value is -1.97. The monoisotopic (exact) mass is 392 g/mol. The topological polar surface area (TPSA) is 67.4 Å². The Labute approximate surface area is 150 Å². The van der Waals surface area contributed by atoms with Crippen molar-refractivity contribution < 1.29 is 31.9 Å². The minimum absolute atomic E-state index is 0.0683. The number of nitrogens with one attached hydrogen (secondary N) is 2. The first kappa shape index (κ1) is 18.8. The van der Waals surface area contributed by atoms with Gasteiger partial charge in [-0.2, -0.15) is 16.2 Å². The maximum Gasteiger partial charge on any atom is 0.315 e. The smallest absolute Gasteiger partial charge is 0.315 e. The van der Waals surface area contributed by atoms with E-state index in [9.17, 15) is 27.2 Å². The average Bonchev–Trinajstić information content (AvgIpc) is 3.14. The van der Waals surface area contributed by atoms with Gasteiger partial charge in [-0.3, -0.25) is 4.79 Å². The van der Waals surface area contributed by atoms with Crippen molar-refractivity contribution in [3.8, 4) is 5.75 Å². The van der Waals surface area contributed by atoms with Gasteiger partial charge < -0.3 is 15.4 Å². The molecule has 2 saturated heterocycles. The average molecular weight is 392 g/mol. The Kier molecular flexibility index (Phi) is 5.59. The number of rotatable bonds is 6. The van der Waals surface area contributed by atoms with E-state index < -0.39 is 35.0 Å². The largest absolute Gasteiger partial charge is 0.423 e. The molecular weight excluding hydrogens is 376 g/mol. The van der Waals surface area contributed by atoms with Gasteiger partial charge >= 0.3 is 12.0 Å². The summed E-state index contributed by atoms with van der Waals surface area (Å²) in [7, 11) is 0. The fourth-order valence-corrected chi connectivity index (χ4v) is 4.60. The van der Waals surface area contributed by atoms with Crippen LogP contribution in [-0.4, -0.2) is 35.1 Å². The maximum absolute atomic E-state index is 13.4. The molecule has 5 nitrogen and oxygen atoms in total. The second-order valence-electron chi connectivity index (χ2n) is 6.14. The summed E-state index contributed by atoms with van der Waals surface area (Å²) in [6.45, 7) is 0. The molecule has 2 fully saturated rings. The Morgan fingerprint density at radius 2 is 1.92 bits per heavy atom. The Balaban J connectivity index is 1.43. The molecule has 2 amide bonds. The van der Waals surface area contributed by atoms with Gasteiger partial charge in [-0.1, -0.05) is 6.42 Å². The van der Waals surface area contributed by atoms with Crippen molar-refractivity contribution in [2.24, 2.45) is 0 Å². The molecule has 1 aromatic carbocycles. The quantitative estimate of drug-likeness (QED) is 0.149. The van der Waals surface area contributed by atoms with E-state index in [0.717, 1.165) is 12.2 Å². The zero-order valence-electron chi connectivity index (χ0n) is 13.5. The fourth-order valence-electron chi connectivity index (χ4n) is 3.06. The molecule has 2 heterocycles. The van der Waals surface area contributed by atoms with Crippen LogP contribution in [0.3, 0.4) is 0 Å². The lowest BCUT2D eigenvalue weighted by molar-refractivity contribution is -0.134. The van der Waals surface area contributed by atoms with Crippen LogP contribution in [0.15, 0.2) is 6.07 Å². The van der Waals surface area contributed by atoms with Gasteiger partial charge in [-0.15, -0.1) is 0 Å². The first-order valence-corrected chi connectivity index (χ1v) is 9.14. The maximum atomic E-state index is 13.4. The van der Waals surface area contributed by atoms with E-state index in [2.05, 4.69) is 15.4 Å². The standard InChI is InChI=1S/C16H16F4N2O3S/c17-7-5-9(13(19)14(20)12(7)18)25-11(23)4-2-1-3-10-15-8(6-26-10)21-16(24)22-15/h5,8,10,15H,1-4,6H2,(H2,21,22,24)/t8-,10-,15-/m0/s1. The van der Waals surface area contributed by atoms with Gasteiger partial charge in [0.1, 0.15) is 0 Å². The molecule has 0 aliphatic carbocycles. The van der Waals surface area contributed by atoms with Crippen molar-refractivity contribution in [3.63, 3.8) is 0 Å². The van der Waals surface area contributed by atoms with E-state index in [0.29, 0.717) is 18.9 Å². The number of carbonyl (C=O) groups excluding carboxylic acids is 2. The van der Waals surface area contributed by atoms with Crippen LogP contribution in [-0.2, 0) is 4.79 Å². The third-order valence-electron chi connectivity index (χ3n) is 4.35. The molecule has 0 radical (unpaired) electrons. The molecule has 142 valence electrons. The van der Waals surface area contributed by atoms with E-state index in [-0.39, 0.29) is 29.8 Å². The van der Waals surface area contributed by atoms with Crippen LogP contribution in [0.5, 0.6) is 5.75 Å². The van der Waals surface area contributed by atoms with Crippen LogP contribution in [0.25, 0.3) is 0 Å². The van der Waals surface area contributed by atoms with Crippen molar-refractivity contribution in [1.29, 1.82) is 0 Å². The molecule has 2 aliphatic rings. The number of esters is 1. The van der Waals surface area contributed by atoms with Gasteiger partial charge in [0.25, 0.3) is 0 Å². The SMILES string of the molecule is O=C1N[C@H]2[C@H](CS[C@H]2CCCCC(=O)Oc2cc(F)c(F)c(F)c2F)N1. The summed E-state index contributed by atoms with van der Waals surface area (Å²) in [5.41, 5.74) is 0. The highest BCUT2D eigenvalue weighted by Gasteiger charge is 2.42. The van der Waals surface area contributed by atoms with Gasteiger partial charge in [-0.25, -0.2) is 18.0 Å². The number of benzene rings is 1. The number of thioether (sulfide) groups is 1. The fraction of sp³-hybridized carbons (Fsp3) is 0.500. The number of urea groups is 1. The molecule has 26 heavy (non-hydrogen) atoms. The highest BCUT2D eigenvalue weighted by molar-refractivity contribution is 8.00. The second-order valence-corrected chi connectivity index (χ2v) is 7.41. The van der Waals surface area contributed by atoms with Crippen molar-refractivity contribution in [3.05, 3.63) is 29.3 Å². The lowest BCUT2D eigenvalue weighted by atomic mass is 10.0. The lowest BCUT2D eigenvalue weighted by Gasteiger charge is -2.16. The number of hydrogen-bond donors (Lipinski definition) is 2. The molecule has 0 spiro atoms. The lowest BCUT2D eigenvalue weighted by Crippen LogP contribution is -2.36. The predicted molar refractivity (Wildman–Crippen MR) is 85.9 cm³/mol. The number of amides is 2. The van der Waals surface area contributed by atoms with Gasteiger partial charge in [0.15, 0.2) is 17.4 Å². The third-order valence-corrected chi connectivity index (χ3v) is 5.86. The number of hydrogen-bond acceptors (Lipinski definition) is 4. The number of fused-ring (bicyclic) bond motifs is 1. The van der Waals surface area contributed by atoms with Crippen LogP contribution in [0, 0.1) is 23.3 Å². The van der Waals surface area contributed by atoms with Gasteiger partial charge in [0.05, 0.1) is 12.1 Å². The normalized spacial score (nSPS) is 24.2. The van der Waals surface area contributed by atoms with Crippen LogP contribution >= 0.6 is 11.8 Å². The Morgan fingerprint density at radius 1 is 1.15 bits per heavy atom. The second kappa shape index (κ2) is 7.73. The number of carbonyl (C=O) groups is 2. The first-order valence-electron chi connectivity index (χ1n) is 8.09. The Morgan fingerprint density at radius 3 is 2.69 bits per heavy atom. The highest BCUT2D eigenvalue weighted by Crippen LogP contribution is 2.33. The summed E-state index contributed by atoms with van der Waals surface area (Å²) in [6.07, 6.45) is 1.80. The van der Waals surface area contributed by atoms with Crippen LogP contribution in [0.1, 0.15) is 25.7 Å². The van der Waals surface area contributed by atoms with E-state index in [1.807, 2.05) is 0 Å². The minimum Gasteiger partial charge on any atom is -0.423 e. The first-order chi connectivity index (χ1) is 12.4. The predicted octanol–water partition coefficient (Wildman–Crippen LogP) is 2.87. The van der Waals surface area contributed by atoms with Crippen molar-refractivity contribution in [1.82, 2.24) is 10.6 Å². The molecule has 0 saturated carbocycles. The van der Waals surface area contributed by atoms with Crippen LogP contribution < -0.4 is 15.4 Å².